The Bertz CT molecular complexity index is 889. The Morgan fingerprint density at radius 3 is 2.75 bits per heavy atom. The second-order valence-corrected chi connectivity index (χ2v) is 7.90. The number of likely N-dealkylation sites (N-methyl/N-ethyl adjacent to an activating group) is 1. The van der Waals surface area contributed by atoms with Gasteiger partial charge in [-0.2, -0.15) is 5.10 Å². The van der Waals surface area contributed by atoms with Gasteiger partial charge in [-0.3, -0.25) is 4.79 Å². The van der Waals surface area contributed by atoms with Crippen LogP contribution < -0.4 is 5.32 Å². The Labute approximate surface area is 175 Å². The Hall–Kier alpha value is -2.15. The lowest BCUT2D eigenvalue weighted by atomic mass is 10.0. The summed E-state index contributed by atoms with van der Waals surface area (Å²) in [5, 5.41) is 10.2. The molecule has 1 aliphatic rings. The van der Waals surface area contributed by atoms with Gasteiger partial charge in [0.1, 0.15) is 5.69 Å². The van der Waals surface area contributed by atoms with E-state index in [-0.39, 0.29) is 24.4 Å². The molecule has 1 atom stereocenters. The van der Waals surface area contributed by atoms with E-state index in [1.165, 1.54) is 0 Å². The quantitative estimate of drug-likeness (QED) is 0.680. The number of carbonyl (C=O) groups excluding carboxylic acids is 1. The summed E-state index contributed by atoms with van der Waals surface area (Å²) in [7, 11) is 1.89. The van der Waals surface area contributed by atoms with Gasteiger partial charge in [0.15, 0.2) is 0 Å². The van der Waals surface area contributed by atoms with Crippen LogP contribution in [0.25, 0.3) is 16.3 Å². The zero-order valence-corrected chi connectivity index (χ0v) is 17.5. The number of aromatic nitrogens is 2. The summed E-state index contributed by atoms with van der Waals surface area (Å²) < 4.78 is 1.90. The summed E-state index contributed by atoms with van der Waals surface area (Å²) in [5.74, 6) is 0.166. The maximum Gasteiger partial charge on any atom is 0.239 e. The van der Waals surface area contributed by atoms with E-state index in [4.69, 9.17) is 5.10 Å². The molecule has 0 radical (unpaired) electrons. The van der Waals surface area contributed by atoms with Gasteiger partial charge in [0.2, 0.25) is 5.91 Å². The highest BCUT2D eigenvalue weighted by molar-refractivity contribution is 7.13. The predicted molar refractivity (Wildman–Crippen MR) is 116 cm³/mol. The number of thiophene rings is 1. The highest BCUT2D eigenvalue weighted by Gasteiger charge is 2.25. The van der Waals surface area contributed by atoms with Gasteiger partial charge in [0.25, 0.3) is 0 Å². The van der Waals surface area contributed by atoms with Crippen LogP contribution in [0.3, 0.4) is 0 Å². The van der Waals surface area contributed by atoms with Crippen LogP contribution in [0.2, 0.25) is 0 Å². The van der Waals surface area contributed by atoms with E-state index in [1.54, 1.807) is 11.3 Å². The molecule has 1 fully saturated rings. The van der Waals surface area contributed by atoms with Crippen molar-refractivity contribution >= 4 is 29.7 Å². The van der Waals surface area contributed by atoms with E-state index in [0.29, 0.717) is 6.54 Å². The molecule has 28 heavy (non-hydrogen) atoms. The fourth-order valence-corrected chi connectivity index (χ4v) is 4.27. The average Bonchev–Trinajstić information content (AvgIpc) is 3.38. The lowest BCUT2D eigenvalue weighted by Gasteiger charge is -2.27. The predicted octanol–water partition coefficient (Wildman–Crippen LogP) is 4.12. The minimum Gasteiger partial charge on any atom is -0.340 e. The van der Waals surface area contributed by atoms with Gasteiger partial charge in [-0.1, -0.05) is 30.7 Å². The van der Waals surface area contributed by atoms with E-state index < -0.39 is 0 Å². The first-order chi connectivity index (χ1) is 13.2. The summed E-state index contributed by atoms with van der Waals surface area (Å²) in [6.07, 6.45) is 5.23. The van der Waals surface area contributed by atoms with Gasteiger partial charge < -0.3 is 10.2 Å². The molecule has 0 spiro atoms. The monoisotopic (exact) mass is 416 g/mol. The second kappa shape index (κ2) is 9.37. The summed E-state index contributed by atoms with van der Waals surface area (Å²) in [6, 6.07) is 14.1. The Morgan fingerprint density at radius 2 is 2.07 bits per heavy atom. The van der Waals surface area contributed by atoms with Crippen LogP contribution in [0.1, 0.15) is 24.8 Å². The van der Waals surface area contributed by atoms with E-state index in [0.717, 1.165) is 47.6 Å². The maximum absolute atomic E-state index is 12.8. The number of amides is 1. The number of para-hydroxylation sites is 1. The van der Waals surface area contributed by atoms with Crippen LogP contribution >= 0.6 is 23.7 Å². The number of hydrogen-bond donors (Lipinski definition) is 1. The highest BCUT2D eigenvalue weighted by Crippen LogP contribution is 2.28. The molecular formula is C21H25ClN4OS. The molecule has 2 aromatic heterocycles. The standard InChI is InChI=1S/C21H24N4OS.ClH/c1-24(21(26)18-10-5-6-12-22-18)14-16-15-25(17-8-3-2-4-9-17)23-20(16)19-11-7-13-27-19;/h2-4,7-9,11,13,15,18,22H,5-6,10,12,14H2,1H3;1H. The van der Waals surface area contributed by atoms with Gasteiger partial charge in [-0.05, 0) is 43.0 Å². The molecule has 3 aromatic rings. The molecule has 1 aliphatic heterocycles. The third-order valence-electron chi connectivity index (χ3n) is 4.96. The second-order valence-electron chi connectivity index (χ2n) is 6.96. The molecule has 148 valence electrons. The SMILES string of the molecule is CN(Cc1cn(-c2ccccc2)nc1-c1cccs1)C(=O)C1CCCCN1.Cl. The van der Waals surface area contributed by atoms with Crippen molar-refractivity contribution in [1.29, 1.82) is 0 Å². The van der Waals surface area contributed by atoms with Crippen molar-refractivity contribution in [1.82, 2.24) is 20.0 Å². The highest BCUT2D eigenvalue weighted by atomic mass is 35.5. The van der Waals surface area contributed by atoms with E-state index >= 15 is 0 Å². The molecule has 7 heteroatoms. The molecule has 0 aliphatic carbocycles. The van der Waals surface area contributed by atoms with Crippen molar-refractivity contribution in [3.05, 3.63) is 59.6 Å². The number of nitrogens with one attached hydrogen (secondary N) is 1. The topological polar surface area (TPSA) is 50.2 Å². The van der Waals surface area contributed by atoms with Crippen LogP contribution in [0.4, 0.5) is 0 Å². The first kappa shape index (κ1) is 20.6. The van der Waals surface area contributed by atoms with E-state index in [1.807, 2.05) is 59.2 Å². The fraction of sp³-hybridized carbons (Fsp3) is 0.333. The molecule has 4 rings (SSSR count). The summed E-state index contributed by atoms with van der Waals surface area (Å²) in [5.41, 5.74) is 3.03. The number of hydrogen-bond acceptors (Lipinski definition) is 4. The van der Waals surface area contributed by atoms with Crippen molar-refractivity contribution in [2.24, 2.45) is 0 Å². The van der Waals surface area contributed by atoms with Crippen molar-refractivity contribution in [2.45, 2.75) is 31.8 Å². The number of halogens is 1. The number of carbonyl (C=O) groups is 1. The molecule has 5 nitrogen and oxygen atoms in total. The summed E-state index contributed by atoms with van der Waals surface area (Å²) >= 11 is 1.67. The van der Waals surface area contributed by atoms with Gasteiger partial charge >= 0.3 is 0 Å². The molecule has 1 unspecified atom stereocenters. The fourth-order valence-electron chi connectivity index (χ4n) is 3.52. The van der Waals surface area contributed by atoms with Crippen LogP contribution in [0.5, 0.6) is 0 Å². The molecule has 0 saturated carbocycles. The van der Waals surface area contributed by atoms with Crippen LogP contribution in [-0.2, 0) is 11.3 Å². The molecular weight excluding hydrogens is 392 g/mol. The third-order valence-corrected chi connectivity index (χ3v) is 5.83. The Balaban J connectivity index is 0.00000225. The summed E-state index contributed by atoms with van der Waals surface area (Å²) in [4.78, 5) is 15.8. The number of benzene rings is 1. The molecule has 1 saturated heterocycles. The van der Waals surface area contributed by atoms with Crippen molar-refractivity contribution in [2.75, 3.05) is 13.6 Å². The van der Waals surface area contributed by atoms with Crippen molar-refractivity contribution < 1.29 is 4.79 Å². The Morgan fingerprint density at radius 1 is 1.25 bits per heavy atom. The first-order valence-electron chi connectivity index (χ1n) is 9.38. The van der Waals surface area contributed by atoms with Crippen LogP contribution in [0, 0.1) is 0 Å². The van der Waals surface area contributed by atoms with Gasteiger partial charge in [0.05, 0.1) is 16.6 Å². The lowest BCUT2D eigenvalue weighted by molar-refractivity contribution is -0.133. The minimum absolute atomic E-state index is 0. The smallest absolute Gasteiger partial charge is 0.239 e. The summed E-state index contributed by atoms with van der Waals surface area (Å²) in [6.45, 7) is 1.48. The molecule has 0 bridgehead atoms. The molecule has 1 N–H and O–H groups in total. The zero-order valence-electron chi connectivity index (χ0n) is 15.9. The van der Waals surface area contributed by atoms with E-state index in [2.05, 4.69) is 16.8 Å². The van der Waals surface area contributed by atoms with E-state index in [9.17, 15) is 4.79 Å². The molecule has 1 aromatic carbocycles. The van der Waals surface area contributed by atoms with Gasteiger partial charge in [-0.15, -0.1) is 23.7 Å². The lowest BCUT2D eigenvalue weighted by Crippen LogP contribution is -2.47. The molecule has 1 amide bonds. The number of piperidine rings is 1. The maximum atomic E-state index is 12.8. The van der Waals surface area contributed by atoms with Crippen molar-refractivity contribution in [3.8, 4) is 16.3 Å². The largest absolute Gasteiger partial charge is 0.340 e. The van der Waals surface area contributed by atoms with Crippen LogP contribution in [0.15, 0.2) is 54.0 Å². The first-order valence-corrected chi connectivity index (χ1v) is 10.3. The zero-order chi connectivity index (χ0) is 18.6. The van der Waals surface area contributed by atoms with Gasteiger partial charge in [0, 0.05) is 25.4 Å². The van der Waals surface area contributed by atoms with Gasteiger partial charge in [-0.25, -0.2) is 4.68 Å². The molecule has 3 heterocycles. The normalized spacial score (nSPS) is 16.4. The van der Waals surface area contributed by atoms with Crippen molar-refractivity contribution in [3.63, 3.8) is 0 Å². The van der Waals surface area contributed by atoms with Crippen LogP contribution in [-0.4, -0.2) is 40.2 Å². The third kappa shape index (κ3) is 4.46. The number of rotatable bonds is 5. The average molecular weight is 417 g/mol. The number of nitrogens with zero attached hydrogens (tertiary/aromatic N) is 3. The minimum atomic E-state index is -0.0573. The Kier molecular flexibility index (Phi) is 6.88.